The molecule has 2 N–H and O–H groups in total. The second kappa shape index (κ2) is 8.49. The van der Waals surface area contributed by atoms with Gasteiger partial charge in [-0.1, -0.05) is 0 Å². The normalized spacial score (nSPS) is 10.0. The Morgan fingerprint density at radius 2 is 1.91 bits per heavy atom. The number of methoxy groups -OCH3 is 1. The summed E-state index contributed by atoms with van der Waals surface area (Å²) in [6.07, 6.45) is -0.441. The number of amides is 1. The summed E-state index contributed by atoms with van der Waals surface area (Å²) < 4.78 is 10.9. The number of hydrogen-bond acceptors (Lipinski definition) is 4. The summed E-state index contributed by atoms with van der Waals surface area (Å²) in [6, 6.07) is 13.6. The first-order valence-corrected chi connectivity index (χ1v) is 8.19. The van der Waals surface area contributed by atoms with E-state index >= 15 is 0 Å². The molecule has 0 aliphatic carbocycles. The molecule has 2 radical (unpaired) electrons. The van der Waals surface area contributed by atoms with Gasteiger partial charge in [-0.25, -0.2) is 0 Å². The Morgan fingerprint density at radius 1 is 1.17 bits per heavy atom. The van der Waals surface area contributed by atoms with Crippen molar-refractivity contribution in [2.75, 3.05) is 24.4 Å². The minimum atomic E-state index is -0.441. The van der Waals surface area contributed by atoms with E-state index in [1.54, 1.807) is 14.0 Å². The van der Waals surface area contributed by atoms with Crippen molar-refractivity contribution < 1.29 is 14.3 Å². The Bertz CT molecular complexity index is 659. The Kier molecular flexibility index (Phi) is 6.36. The van der Waals surface area contributed by atoms with Gasteiger partial charge in [0.05, 0.1) is 0 Å². The Hall–Kier alpha value is -2.13. The van der Waals surface area contributed by atoms with Gasteiger partial charge in [-0.05, 0) is 0 Å². The molecule has 0 unspecified atom stereocenters. The number of ether oxygens (including phenoxy) is 2. The number of carbonyl (C=O) groups is 1. The molecule has 120 valence electrons. The number of rotatable bonds is 6. The molecule has 0 spiro atoms. The molecule has 0 aliphatic heterocycles. The molecule has 0 fully saturated rings. The van der Waals surface area contributed by atoms with Crippen molar-refractivity contribution in [1.82, 2.24) is 0 Å². The third-order valence-corrected chi connectivity index (χ3v) is 3.94. The van der Waals surface area contributed by atoms with Crippen LogP contribution in [-0.2, 0) is 11.3 Å². The van der Waals surface area contributed by atoms with E-state index in [9.17, 15) is 4.79 Å². The zero-order chi connectivity index (χ0) is 16.7. The number of nitrogens with one attached hydrogen (secondary N) is 2. The van der Waals surface area contributed by atoms with E-state index in [1.807, 2.05) is 42.5 Å². The van der Waals surface area contributed by atoms with E-state index in [2.05, 4.69) is 27.5 Å². The van der Waals surface area contributed by atoms with Crippen LogP contribution >= 0.6 is 0 Å². The van der Waals surface area contributed by atoms with Crippen LogP contribution in [0.1, 0.15) is 12.5 Å². The molecule has 0 aliphatic rings. The summed E-state index contributed by atoms with van der Waals surface area (Å²) in [6.45, 7) is 2.82. The van der Waals surface area contributed by atoms with Crippen LogP contribution in [0.5, 0.6) is 5.75 Å². The van der Waals surface area contributed by atoms with Crippen molar-refractivity contribution in [2.45, 2.75) is 13.5 Å². The van der Waals surface area contributed by atoms with E-state index < -0.39 is 6.09 Å². The molecule has 0 saturated heterocycles. The maximum atomic E-state index is 11.4. The van der Waals surface area contributed by atoms with Crippen LogP contribution < -0.4 is 19.7 Å². The minimum absolute atomic E-state index is 0.351. The first-order chi connectivity index (χ1) is 11.1. The number of benzene rings is 2. The monoisotopic (exact) mass is 374 g/mol. The first kappa shape index (κ1) is 17.2. The standard InChI is InChI=1S/C17H19AsN2O3/c1-3-23-17(21)20-16-9-4-12(10-15(16)18)11-19-13-5-7-14(22-2)8-6-13/h4-10,19H,3,11H2,1-2H3,(H,20,21). The molecule has 1 amide bonds. The molecule has 6 heteroatoms. The summed E-state index contributed by atoms with van der Waals surface area (Å²) in [5.74, 6) is 0.832. The van der Waals surface area contributed by atoms with Crippen molar-refractivity contribution in [3.05, 3.63) is 48.0 Å². The van der Waals surface area contributed by atoms with Gasteiger partial charge >= 0.3 is 145 Å². The average Bonchev–Trinajstić information content (AvgIpc) is 2.56. The molecule has 0 atom stereocenters. The molecule has 0 saturated carbocycles. The summed E-state index contributed by atoms with van der Waals surface area (Å²) in [5, 5.41) is 6.06. The summed E-state index contributed by atoms with van der Waals surface area (Å²) >= 11 is 2.46. The third-order valence-electron chi connectivity index (χ3n) is 3.16. The molecule has 0 bridgehead atoms. The fraction of sp³-hybridized carbons (Fsp3) is 0.235. The van der Waals surface area contributed by atoms with Crippen LogP contribution in [0.15, 0.2) is 42.5 Å². The molecule has 5 nitrogen and oxygen atoms in total. The van der Waals surface area contributed by atoms with Gasteiger partial charge in [0.15, 0.2) is 0 Å². The molecule has 0 heterocycles. The fourth-order valence-corrected chi connectivity index (χ4v) is 2.60. The molecule has 23 heavy (non-hydrogen) atoms. The Balaban J connectivity index is 1.95. The van der Waals surface area contributed by atoms with Gasteiger partial charge in [0.1, 0.15) is 0 Å². The van der Waals surface area contributed by atoms with E-state index in [-0.39, 0.29) is 0 Å². The molecular weight excluding hydrogens is 355 g/mol. The van der Waals surface area contributed by atoms with Crippen LogP contribution in [-0.4, -0.2) is 36.7 Å². The van der Waals surface area contributed by atoms with Crippen LogP contribution in [0.3, 0.4) is 0 Å². The van der Waals surface area contributed by atoms with Gasteiger partial charge in [0.25, 0.3) is 0 Å². The maximum absolute atomic E-state index is 11.4. The molecule has 0 aromatic heterocycles. The Morgan fingerprint density at radius 3 is 2.52 bits per heavy atom. The van der Waals surface area contributed by atoms with E-state index in [4.69, 9.17) is 9.47 Å². The van der Waals surface area contributed by atoms with E-state index in [0.29, 0.717) is 13.2 Å². The predicted molar refractivity (Wildman–Crippen MR) is 92.8 cm³/mol. The zero-order valence-electron chi connectivity index (χ0n) is 13.1. The van der Waals surface area contributed by atoms with Crippen molar-refractivity contribution >= 4 is 38.7 Å². The predicted octanol–water partition coefficient (Wildman–Crippen LogP) is 2.67. The van der Waals surface area contributed by atoms with Crippen LogP contribution in [0.2, 0.25) is 0 Å². The number of carbonyl (C=O) groups excluding carboxylic acids is 1. The molecule has 2 aromatic carbocycles. The Labute approximate surface area is 144 Å². The second-order valence-electron chi connectivity index (χ2n) is 4.78. The van der Waals surface area contributed by atoms with Gasteiger partial charge < -0.3 is 0 Å². The average molecular weight is 374 g/mol. The van der Waals surface area contributed by atoms with Gasteiger partial charge in [-0.15, -0.1) is 0 Å². The quantitative estimate of drug-likeness (QED) is 0.764. The fourth-order valence-electron chi connectivity index (χ4n) is 1.98. The summed E-state index contributed by atoms with van der Waals surface area (Å²) in [4.78, 5) is 11.4. The van der Waals surface area contributed by atoms with E-state index in [0.717, 1.165) is 27.0 Å². The molecule has 2 rings (SSSR count). The molecular formula is C17H19AsN2O3. The van der Waals surface area contributed by atoms with Crippen LogP contribution in [0.25, 0.3) is 0 Å². The first-order valence-electron chi connectivity index (χ1n) is 7.26. The van der Waals surface area contributed by atoms with Gasteiger partial charge in [0.2, 0.25) is 0 Å². The van der Waals surface area contributed by atoms with E-state index in [1.165, 1.54) is 0 Å². The summed E-state index contributed by atoms with van der Waals surface area (Å²) in [5.41, 5.74) is 2.87. The van der Waals surface area contributed by atoms with Crippen LogP contribution in [0.4, 0.5) is 16.2 Å². The molecule has 2 aromatic rings. The third kappa shape index (κ3) is 5.22. The van der Waals surface area contributed by atoms with Crippen LogP contribution in [0, 0.1) is 0 Å². The van der Waals surface area contributed by atoms with Crippen molar-refractivity contribution in [2.24, 2.45) is 0 Å². The number of anilines is 2. The van der Waals surface area contributed by atoms with Crippen molar-refractivity contribution in [3.63, 3.8) is 0 Å². The van der Waals surface area contributed by atoms with Gasteiger partial charge in [-0.3, -0.25) is 0 Å². The van der Waals surface area contributed by atoms with Crippen molar-refractivity contribution in [3.8, 4) is 5.75 Å². The van der Waals surface area contributed by atoms with Crippen molar-refractivity contribution in [1.29, 1.82) is 0 Å². The van der Waals surface area contributed by atoms with Gasteiger partial charge in [-0.2, -0.15) is 0 Å². The number of hydrogen-bond donors (Lipinski definition) is 2. The SMILES string of the molecule is CCOC(=O)Nc1ccc(CNc2ccc(OC)cc2)cc1[As]. The summed E-state index contributed by atoms with van der Waals surface area (Å²) in [7, 11) is 1.65. The second-order valence-corrected chi connectivity index (χ2v) is 5.79. The van der Waals surface area contributed by atoms with Gasteiger partial charge in [0, 0.05) is 0 Å². The topological polar surface area (TPSA) is 59.6 Å². The zero-order valence-corrected chi connectivity index (χ0v) is 15.0.